The SMILES string of the molecule is c1ccc(-c2nc(-c3ccc(-c4ccc5ccccc5c4-c4ccccc4)cc3)nc(-c3cccc4oc5ccccc5c34)n2)cc1. The molecule has 220 valence electrons. The molecular formula is C43H27N3O. The van der Waals surface area contributed by atoms with Gasteiger partial charge in [0.2, 0.25) is 0 Å². The molecule has 7 aromatic carbocycles. The van der Waals surface area contributed by atoms with Crippen molar-refractivity contribution in [2.24, 2.45) is 0 Å². The Kier molecular flexibility index (Phi) is 6.43. The van der Waals surface area contributed by atoms with Crippen LogP contribution >= 0.6 is 0 Å². The van der Waals surface area contributed by atoms with Crippen molar-refractivity contribution in [2.45, 2.75) is 0 Å². The van der Waals surface area contributed by atoms with Gasteiger partial charge in [-0.25, -0.2) is 15.0 Å². The maximum atomic E-state index is 6.20. The fraction of sp³-hybridized carbons (Fsp3) is 0. The van der Waals surface area contributed by atoms with Crippen LogP contribution in [0.5, 0.6) is 0 Å². The Labute approximate surface area is 271 Å². The molecule has 0 spiro atoms. The van der Waals surface area contributed by atoms with Crippen LogP contribution in [-0.4, -0.2) is 15.0 Å². The zero-order chi connectivity index (χ0) is 31.2. The molecule has 4 nitrogen and oxygen atoms in total. The Bertz CT molecular complexity index is 2550. The van der Waals surface area contributed by atoms with Gasteiger partial charge in [0, 0.05) is 27.5 Å². The third-order valence-corrected chi connectivity index (χ3v) is 8.76. The Hall–Kier alpha value is -6.39. The highest BCUT2D eigenvalue weighted by molar-refractivity contribution is 6.11. The molecule has 0 saturated heterocycles. The number of rotatable bonds is 5. The summed E-state index contributed by atoms with van der Waals surface area (Å²) in [5, 5.41) is 4.49. The van der Waals surface area contributed by atoms with Gasteiger partial charge in [0.25, 0.3) is 0 Å². The van der Waals surface area contributed by atoms with Crippen molar-refractivity contribution in [2.75, 3.05) is 0 Å². The largest absolute Gasteiger partial charge is 0.456 e. The Morgan fingerprint density at radius 1 is 0.340 bits per heavy atom. The van der Waals surface area contributed by atoms with Crippen LogP contribution in [0.2, 0.25) is 0 Å². The summed E-state index contributed by atoms with van der Waals surface area (Å²) in [5.41, 5.74) is 9.14. The van der Waals surface area contributed by atoms with Gasteiger partial charge in [-0.2, -0.15) is 0 Å². The van der Waals surface area contributed by atoms with Crippen LogP contribution in [-0.2, 0) is 0 Å². The van der Waals surface area contributed by atoms with Crippen molar-refractivity contribution in [3.63, 3.8) is 0 Å². The average molecular weight is 602 g/mol. The molecular weight excluding hydrogens is 574 g/mol. The zero-order valence-corrected chi connectivity index (χ0v) is 25.3. The molecule has 9 rings (SSSR count). The highest BCUT2D eigenvalue weighted by Crippen LogP contribution is 2.39. The Morgan fingerprint density at radius 3 is 1.68 bits per heavy atom. The van der Waals surface area contributed by atoms with Crippen molar-refractivity contribution in [3.8, 4) is 56.4 Å². The summed E-state index contributed by atoms with van der Waals surface area (Å²) in [4.78, 5) is 15.1. The van der Waals surface area contributed by atoms with E-state index in [4.69, 9.17) is 19.4 Å². The first-order valence-electron chi connectivity index (χ1n) is 15.7. The molecule has 0 N–H and O–H groups in total. The first-order chi connectivity index (χ1) is 23.3. The van der Waals surface area contributed by atoms with Gasteiger partial charge in [-0.1, -0.05) is 152 Å². The van der Waals surface area contributed by atoms with E-state index in [1.165, 1.54) is 27.5 Å². The monoisotopic (exact) mass is 601 g/mol. The van der Waals surface area contributed by atoms with Gasteiger partial charge >= 0.3 is 0 Å². The van der Waals surface area contributed by atoms with Gasteiger partial charge in [-0.3, -0.25) is 0 Å². The van der Waals surface area contributed by atoms with Crippen molar-refractivity contribution in [1.29, 1.82) is 0 Å². The third-order valence-electron chi connectivity index (χ3n) is 8.76. The second-order valence-corrected chi connectivity index (χ2v) is 11.6. The van der Waals surface area contributed by atoms with Gasteiger partial charge in [0.15, 0.2) is 17.5 Å². The molecule has 9 aromatic rings. The summed E-state index contributed by atoms with van der Waals surface area (Å²) in [6.45, 7) is 0. The van der Waals surface area contributed by atoms with E-state index in [2.05, 4.69) is 103 Å². The molecule has 0 fully saturated rings. The van der Waals surface area contributed by atoms with E-state index in [-0.39, 0.29) is 0 Å². The highest BCUT2D eigenvalue weighted by atomic mass is 16.3. The van der Waals surface area contributed by atoms with Gasteiger partial charge in [-0.05, 0) is 45.2 Å². The second-order valence-electron chi connectivity index (χ2n) is 11.6. The van der Waals surface area contributed by atoms with Crippen molar-refractivity contribution in [1.82, 2.24) is 15.0 Å². The molecule has 0 saturated carbocycles. The van der Waals surface area contributed by atoms with Crippen LogP contribution in [0.4, 0.5) is 0 Å². The lowest BCUT2D eigenvalue weighted by molar-refractivity contribution is 0.669. The lowest BCUT2D eigenvalue weighted by Gasteiger charge is -2.15. The minimum atomic E-state index is 0.607. The number of nitrogens with zero attached hydrogens (tertiary/aromatic N) is 3. The number of benzene rings is 7. The molecule has 0 aliphatic carbocycles. The van der Waals surface area contributed by atoms with E-state index < -0.39 is 0 Å². The van der Waals surface area contributed by atoms with Crippen molar-refractivity contribution < 1.29 is 4.42 Å². The number of furan rings is 1. The molecule has 0 radical (unpaired) electrons. The van der Waals surface area contributed by atoms with Crippen LogP contribution in [0.25, 0.3) is 89.1 Å². The molecule has 0 aliphatic heterocycles. The zero-order valence-electron chi connectivity index (χ0n) is 25.3. The summed E-state index contributed by atoms with van der Waals surface area (Å²) < 4.78 is 6.20. The number of fused-ring (bicyclic) bond motifs is 4. The fourth-order valence-electron chi connectivity index (χ4n) is 6.53. The first kappa shape index (κ1) is 27.0. The van der Waals surface area contributed by atoms with Crippen molar-refractivity contribution in [3.05, 3.63) is 164 Å². The molecule has 2 aromatic heterocycles. The van der Waals surface area contributed by atoms with Gasteiger partial charge in [0.05, 0.1) is 0 Å². The molecule has 47 heavy (non-hydrogen) atoms. The maximum absolute atomic E-state index is 6.20. The average Bonchev–Trinajstić information content (AvgIpc) is 3.54. The third kappa shape index (κ3) is 4.75. The van der Waals surface area contributed by atoms with E-state index in [1.807, 2.05) is 60.7 Å². The summed E-state index contributed by atoms with van der Waals surface area (Å²) in [6.07, 6.45) is 0. The van der Waals surface area contributed by atoms with Gasteiger partial charge < -0.3 is 4.42 Å². The number of aromatic nitrogens is 3. The lowest BCUT2D eigenvalue weighted by Crippen LogP contribution is -2.00. The fourth-order valence-corrected chi connectivity index (χ4v) is 6.53. The molecule has 0 bridgehead atoms. The Morgan fingerprint density at radius 2 is 0.915 bits per heavy atom. The van der Waals surface area contributed by atoms with Gasteiger partial charge in [0.1, 0.15) is 11.2 Å². The van der Waals surface area contributed by atoms with Crippen LogP contribution in [0, 0.1) is 0 Å². The van der Waals surface area contributed by atoms with E-state index in [0.717, 1.165) is 44.2 Å². The smallest absolute Gasteiger partial charge is 0.164 e. The minimum Gasteiger partial charge on any atom is -0.456 e. The van der Waals surface area contributed by atoms with Crippen molar-refractivity contribution >= 4 is 32.7 Å². The summed E-state index contributed by atoms with van der Waals surface area (Å²) >= 11 is 0. The predicted molar refractivity (Wildman–Crippen MR) is 192 cm³/mol. The van der Waals surface area contributed by atoms with E-state index in [0.29, 0.717) is 17.5 Å². The summed E-state index contributed by atoms with van der Waals surface area (Å²) in [6, 6.07) is 56.4. The molecule has 4 heteroatoms. The normalized spacial score (nSPS) is 11.4. The molecule has 0 unspecified atom stereocenters. The van der Waals surface area contributed by atoms with Crippen LogP contribution in [0.15, 0.2) is 168 Å². The van der Waals surface area contributed by atoms with E-state index in [9.17, 15) is 0 Å². The summed E-state index contributed by atoms with van der Waals surface area (Å²) in [5.74, 6) is 1.85. The molecule has 0 amide bonds. The quantitative estimate of drug-likeness (QED) is 0.197. The van der Waals surface area contributed by atoms with Crippen LogP contribution in [0.3, 0.4) is 0 Å². The minimum absolute atomic E-state index is 0.607. The number of hydrogen-bond acceptors (Lipinski definition) is 4. The van der Waals surface area contributed by atoms with Crippen LogP contribution < -0.4 is 0 Å². The van der Waals surface area contributed by atoms with Gasteiger partial charge in [-0.15, -0.1) is 0 Å². The van der Waals surface area contributed by atoms with E-state index >= 15 is 0 Å². The standard InChI is InChI=1S/C43H27N3O/c1-3-13-30(14-4-1)39-33-17-8-7-12-28(33)26-27-34(39)29-22-24-32(25-23-29)42-44-41(31-15-5-2-6-16-31)45-43(46-42)36-19-11-21-38-40(36)35-18-9-10-20-37(35)47-38/h1-27H. The maximum Gasteiger partial charge on any atom is 0.164 e. The molecule has 0 aliphatic rings. The van der Waals surface area contributed by atoms with E-state index in [1.54, 1.807) is 0 Å². The highest BCUT2D eigenvalue weighted by Gasteiger charge is 2.18. The first-order valence-corrected chi connectivity index (χ1v) is 15.7. The predicted octanol–water partition coefficient (Wildman–Crippen LogP) is 11.3. The second kappa shape index (κ2) is 11.2. The Balaban J connectivity index is 1.20. The topological polar surface area (TPSA) is 51.8 Å². The molecule has 0 atom stereocenters. The summed E-state index contributed by atoms with van der Waals surface area (Å²) in [7, 11) is 0. The lowest BCUT2D eigenvalue weighted by atomic mass is 9.89. The van der Waals surface area contributed by atoms with Crippen LogP contribution in [0.1, 0.15) is 0 Å². The number of hydrogen-bond donors (Lipinski definition) is 0. The molecule has 2 heterocycles. The number of para-hydroxylation sites is 1.